The zero-order valence-electron chi connectivity index (χ0n) is 15.5. The van der Waals surface area contributed by atoms with Crippen molar-refractivity contribution >= 4 is 28.5 Å². The highest BCUT2D eigenvalue weighted by Crippen LogP contribution is 2.22. The van der Waals surface area contributed by atoms with Crippen molar-refractivity contribution in [3.63, 3.8) is 0 Å². The fourth-order valence-corrected chi connectivity index (χ4v) is 2.64. The second-order valence-electron chi connectivity index (χ2n) is 6.27. The molecule has 3 aromatic rings. The number of hydrogen-bond donors (Lipinski definition) is 1. The van der Waals surface area contributed by atoms with Gasteiger partial charge in [-0.2, -0.15) is 0 Å². The Kier molecular flexibility index (Phi) is 5.74. The Hall–Kier alpha value is -3.61. The van der Waals surface area contributed by atoms with Gasteiger partial charge in [0.25, 0.3) is 5.91 Å². The predicted molar refractivity (Wildman–Crippen MR) is 103 cm³/mol. The number of ether oxygens (including phenoxy) is 2. The van der Waals surface area contributed by atoms with Gasteiger partial charge in [0.1, 0.15) is 11.3 Å². The molecule has 28 heavy (non-hydrogen) atoms. The van der Waals surface area contributed by atoms with Gasteiger partial charge in [-0.05, 0) is 49.2 Å². The minimum atomic E-state index is -0.690. The van der Waals surface area contributed by atoms with Gasteiger partial charge in [-0.15, -0.1) is 0 Å². The molecule has 0 bridgehead atoms. The van der Waals surface area contributed by atoms with Crippen molar-refractivity contribution in [2.24, 2.45) is 0 Å². The molecule has 0 aliphatic heterocycles. The van der Waals surface area contributed by atoms with Crippen LogP contribution in [0.15, 0.2) is 57.7 Å². The number of esters is 1. The molecule has 2 aromatic carbocycles. The van der Waals surface area contributed by atoms with Crippen LogP contribution in [0, 0.1) is 13.8 Å². The Balaban J connectivity index is 1.51. The smallest absolute Gasteiger partial charge is 0.344 e. The highest BCUT2D eigenvalue weighted by atomic mass is 16.6. The van der Waals surface area contributed by atoms with Crippen LogP contribution in [0.1, 0.15) is 11.1 Å². The van der Waals surface area contributed by atoms with E-state index in [2.05, 4.69) is 5.32 Å². The number of benzene rings is 2. The number of amides is 1. The standard InChI is InChI=1S/C21H19NO6/c1-13-4-3-5-15(8-13)22-19(23)11-27-21(25)12-26-16-6-7-17-14(2)9-20(24)28-18(17)10-16/h3-10H,11-12H2,1-2H3,(H,22,23). The molecule has 3 rings (SSSR count). The molecule has 0 saturated heterocycles. The molecular weight excluding hydrogens is 362 g/mol. The average molecular weight is 381 g/mol. The SMILES string of the molecule is Cc1cccc(NC(=O)COC(=O)COc2ccc3c(C)cc(=O)oc3c2)c1. The summed E-state index contributed by atoms with van der Waals surface area (Å²) in [5.41, 5.74) is 2.33. The lowest BCUT2D eigenvalue weighted by molar-refractivity contribution is -0.149. The van der Waals surface area contributed by atoms with E-state index in [9.17, 15) is 14.4 Å². The van der Waals surface area contributed by atoms with Crippen molar-refractivity contribution in [1.29, 1.82) is 0 Å². The molecule has 7 heteroatoms. The van der Waals surface area contributed by atoms with Crippen LogP contribution in [-0.2, 0) is 14.3 Å². The number of aryl methyl sites for hydroxylation is 2. The lowest BCUT2D eigenvalue weighted by atomic mass is 10.1. The highest BCUT2D eigenvalue weighted by molar-refractivity contribution is 5.92. The first-order chi connectivity index (χ1) is 13.4. The molecule has 0 radical (unpaired) electrons. The van der Waals surface area contributed by atoms with E-state index in [-0.39, 0.29) is 6.61 Å². The lowest BCUT2D eigenvalue weighted by Crippen LogP contribution is -2.23. The van der Waals surface area contributed by atoms with Crippen molar-refractivity contribution < 1.29 is 23.5 Å². The van der Waals surface area contributed by atoms with Crippen molar-refractivity contribution in [3.05, 3.63) is 70.1 Å². The van der Waals surface area contributed by atoms with E-state index in [1.54, 1.807) is 25.1 Å². The minimum Gasteiger partial charge on any atom is -0.482 e. The molecule has 0 aliphatic rings. The fraction of sp³-hybridized carbons (Fsp3) is 0.190. The number of nitrogens with one attached hydrogen (secondary N) is 1. The molecule has 0 aliphatic carbocycles. The molecule has 0 spiro atoms. The van der Waals surface area contributed by atoms with Gasteiger partial charge in [0.15, 0.2) is 13.2 Å². The number of carbonyl (C=O) groups excluding carboxylic acids is 2. The van der Waals surface area contributed by atoms with E-state index in [1.807, 2.05) is 25.1 Å². The summed E-state index contributed by atoms with van der Waals surface area (Å²) in [5.74, 6) is -0.783. The van der Waals surface area contributed by atoms with Crippen LogP contribution in [0.5, 0.6) is 5.75 Å². The van der Waals surface area contributed by atoms with Crippen molar-refractivity contribution in [2.45, 2.75) is 13.8 Å². The largest absolute Gasteiger partial charge is 0.482 e. The quantitative estimate of drug-likeness (QED) is 0.521. The van der Waals surface area contributed by atoms with Gasteiger partial charge in [-0.3, -0.25) is 4.79 Å². The van der Waals surface area contributed by atoms with E-state index >= 15 is 0 Å². The van der Waals surface area contributed by atoms with Crippen LogP contribution < -0.4 is 15.7 Å². The van der Waals surface area contributed by atoms with E-state index in [1.165, 1.54) is 12.1 Å². The minimum absolute atomic E-state index is 0.349. The first-order valence-electron chi connectivity index (χ1n) is 8.60. The van der Waals surface area contributed by atoms with Crippen LogP contribution in [-0.4, -0.2) is 25.1 Å². The maximum absolute atomic E-state index is 11.8. The lowest BCUT2D eigenvalue weighted by Gasteiger charge is -2.09. The van der Waals surface area contributed by atoms with E-state index in [4.69, 9.17) is 13.9 Å². The average Bonchev–Trinajstić information content (AvgIpc) is 2.64. The maximum atomic E-state index is 11.8. The van der Waals surface area contributed by atoms with Gasteiger partial charge in [0.05, 0.1) is 0 Å². The van der Waals surface area contributed by atoms with Gasteiger partial charge in [-0.25, -0.2) is 9.59 Å². The van der Waals surface area contributed by atoms with Crippen molar-refractivity contribution in [1.82, 2.24) is 0 Å². The van der Waals surface area contributed by atoms with Gasteiger partial charge >= 0.3 is 11.6 Å². The third kappa shape index (κ3) is 4.97. The molecule has 1 aromatic heterocycles. The third-order valence-electron chi connectivity index (χ3n) is 3.95. The molecule has 7 nitrogen and oxygen atoms in total. The molecule has 1 heterocycles. The summed E-state index contributed by atoms with van der Waals surface area (Å²) < 4.78 is 15.4. The van der Waals surface area contributed by atoms with Crippen molar-refractivity contribution in [3.8, 4) is 5.75 Å². The first-order valence-corrected chi connectivity index (χ1v) is 8.60. The van der Waals surface area contributed by atoms with Gasteiger partial charge < -0.3 is 19.2 Å². The zero-order chi connectivity index (χ0) is 20.1. The van der Waals surface area contributed by atoms with E-state index < -0.39 is 24.1 Å². The number of hydrogen-bond acceptors (Lipinski definition) is 6. The summed E-state index contributed by atoms with van der Waals surface area (Å²) in [6.07, 6.45) is 0. The summed E-state index contributed by atoms with van der Waals surface area (Å²) >= 11 is 0. The Labute approximate surface area is 160 Å². The summed E-state index contributed by atoms with van der Waals surface area (Å²) in [6, 6.07) is 13.6. The maximum Gasteiger partial charge on any atom is 0.344 e. The first kappa shape index (κ1) is 19.2. The van der Waals surface area contributed by atoms with Crippen molar-refractivity contribution in [2.75, 3.05) is 18.5 Å². The van der Waals surface area contributed by atoms with Crippen LogP contribution in [0.4, 0.5) is 5.69 Å². The summed E-state index contributed by atoms with van der Waals surface area (Å²) in [7, 11) is 0. The molecule has 0 atom stereocenters. The summed E-state index contributed by atoms with van der Waals surface area (Å²) in [4.78, 5) is 35.1. The second-order valence-corrected chi connectivity index (χ2v) is 6.27. The fourth-order valence-electron chi connectivity index (χ4n) is 2.64. The van der Waals surface area contributed by atoms with Crippen LogP contribution >= 0.6 is 0 Å². The molecule has 144 valence electrons. The number of fused-ring (bicyclic) bond motifs is 1. The normalized spacial score (nSPS) is 10.5. The molecule has 1 amide bonds. The van der Waals surface area contributed by atoms with Crippen LogP contribution in [0.25, 0.3) is 11.0 Å². The Morgan fingerprint density at radius 3 is 2.64 bits per heavy atom. The molecule has 1 N–H and O–H groups in total. The van der Waals surface area contributed by atoms with E-state index in [0.29, 0.717) is 17.0 Å². The van der Waals surface area contributed by atoms with Crippen LogP contribution in [0.2, 0.25) is 0 Å². The predicted octanol–water partition coefficient (Wildman–Crippen LogP) is 2.97. The Bertz CT molecular complexity index is 1090. The second kappa shape index (κ2) is 8.39. The molecular formula is C21H19NO6. The van der Waals surface area contributed by atoms with Gasteiger partial charge in [-0.1, -0.05) is 12.1 Å². The van der Waals surface area contributed by atoms with E-state index in [0.717, 1.165) is 16.5 Å². The van der Waals surface area contributed by atoms with Gasteiger partial charge in [0.2, 0.25) is 0 Å². The zero-order valence-corrected chi connectivity index (χ0v) is 15.5. The number of anilines is 1. The van der Waals surface area contributed by atoms with Gasteiger partial charge in [0, 0.05) is 23.2 Å². The topological polar surface area (TPSA) is 94.8 Å². The monoisotopic (exact) mass is 381 g/mol. The number of carbonyl (C=O) groups is 2. The number of rotatable bonds is 6. The van der Waals surface area contributed by atoms with Crippen LogP contribution in [0.3, 0.4) is 0 Å². The Morgan fingerprint density at radius 1 is 1.04 bits per heavy atom. The molecule has 0 unspecified atom stereocenters. The third-order valence-corrected chi connectivity index (χ3v) is 3.95. The summed E-state index contributed by atoms with van der Waals surface area (Å²) in [6.45, 7) is 2.92. The summed E-state index contributed by atoms with van der Waals surface area (Å²) in [5, 5.41) is 3.42. The highest BCUT2D eigenvalue weighted by Gasteiger charge is 2.10. The molecule has 0 fully saturated rings. The molecule has 0 saturated carbocycles. The Morgan fingerprint density at radius 2 is 1.86 bits per heavy atom.